The molecular formula is C15H21NO. The zero-order valence-electron chi connectivity index (χ0n) is 10.5. The number of hydrogen-bond acceptors (Lipinski definition) is 2. The van der Waals surface area contributed by atoms with Gasteiger partial charge in [-0.05, 0) is 24.9 Å². The van der Waals surface area contributed by atoms with Gasteiger partial charge in [0.05, 0.1) is 0 Å². The molecule has 1 saturated heterocycles. The Hall–Kier alpha value is -1.15. The van der Waals surface area contributed by atoms with E-state index in [-0.39, 0.29) is 5.92 Å². The van der Waals surface area contributed by atoms with Crippen LogP contribution in [0.5, 0.6) is 0 Å². The first-order chi connectivity index (χ1) is 8.31. The van der Waals surface area contributed by atoms with E-state index < -0.39 is 0 Å². The fraction of sp³-hybridized carbons (Fsp3) is 0.533. The van der Waals surface area contributed by atoms with Crippen LogP contribution in [0.1, 0.15) is 31.7 Å². The largest absolute Gasteiger partial charge is 0.303 e. The van der Waals surface area contributed by atoms with Gasteiger partial charge >= 0.3 is 0 Å². The first-order valence-electron chi connectivity index (χ1n) is 6.54. The van der Waals surface area contributed by atoms with Crippen LogP contribution in [-0.2, 0) is 11.3 Å². The molecule has 0 aromatic heterocycles. The van der Waals surface area contributed by atoms with Crippen molar-refractivity contribution in [2.24, 2.45) is 5.92 Å². The molecular weight excluding hydrogens is 210 g/mol. The second-order valence-electron chi connectivity index (χ2n) is 5.01. The molecule has 17 heavy (non-hydrogen) atoms. The molecule has 1 aliphatic heterocycles. The summed E-state index contributed by atoms with van der Waals surface area (Å²) in [5.74, 6) is 0.152. The highest BCUT2D eigenvalue weighted by molar-refractivity contribution is 5.54. The predicted molar refractivity (Wildman–Crippen MR) is 69.7 cm³/mol. The lowest BCUT2D eigenvalue weighted by Crippen LogP contribution is -2.43. The van der Waals surface area contributed by atoms with E-state index in [0.717, 1.165) is 25.8 Å². The van der Waals surface area contributed by atoms with Gasteiger partial charge in [0, 0.05) is 18.5 Å². The Morgan fingerprint density at radius 1 is 1.35 bits per heavy atom. The van der Waals surface area contributed by atoms with Crippen molar-refractivity contribution in [2.45, 2.75) is 38.8 Å². The summed E-state index contributed by atoms with van der Waals surface area (Å²) in [6, 6.07) is 11.0. The van der Waals surface area contributed by atoms with Crippen molar-refractivity contribution in [1.82, 2.24) is 4.90 Å². The third kappa shape index (κ3) is 3.16. The van der Waals surface area contributed by atoms with E-state index in [9.17, 15) is 4.79 Å². The highest BCUT2D eigenvalue weighted by Crippen LogP contribution is 2.24. The number of carbonyl (C=O) groups is 1. The molecule has 1 fully saturated rings. The normalized spacial score (nSPS) is 23.2. The van der Waals surface area contributed by atoms with E-state index >= 15 is 0 Å². The molecule has 0 bridgehead atoms. The van der Waals surface area contributed by atoms with Crippen LogP contribution in [0.25, 0.3) is 0 Å². The van der Waals surface area contributed by atoms with Crippen molar-refractivity contribution < 1.29 is 4.79 Å². The molecule has 0 radical (unpaired) electrons. The molecule has 0 aliphatic carbocycles. The highest BCUT2D eigenvalue weighted by Gasteiger charge is 2.26. The number of nitrogens with zero attached hydrogens (tertiary/aromatic N) is 1. The van der Waals surface area contributed by atoms with E-state index in [0.29, 0.717) is 6.04 Å². The van der Waals surface area contributed by atoms with E-state index in [2.05, 4.69) is 29.2 Å². The number of hydrogen-bond donors (Lipinski definition) is 0. The van der Waals surface area contributed by atoms with E-state index in [4.69, 9.17) is 0 Å². The monoisotopic (exact) mass is 231 g/mol. The smallest absolute Gasteiger partial charge is 0.124 e. The third-order valence-corrected chi connectivity index (χ3v) is 3.71. The van der Waals surface area contributed by atoms with Crippen molar-refractivity contribution in [3.8, 4) is 0 Å². The molecule has 0 saturated carbocycles. The topological polar surface area (TPSA) is 20.3 Å². The first kappa shape index (κ1) is 12.3. The number of piperidine rings is 1. The highest BCUT2D eigenvalue weighted by atomic mass is 16.1. The molecule has 1 aromatic rings. The van der Waals surface area contributed by atoms with Gasteiger partial charge in [-0.3, -0.25) is 4.90 Å². The summed E-state index contributed by atoms with van der Waals surface area (Å²) in [6.07, 6.45) is 4.78. The molecule has 92 valence electrons. The zero-order chi connectivity index (χ0) is 12.1. The lowest BCUT2D eigenvalue weighted by Gasteiger charge is -2.37. The zero-order valence-corrected chi connectivity index (χ0v) is 10.5. The molecule has 2 nitrogen and oxygen atoms in total. The Morgan fingerprint density at radius 3 is 2.82 bits per heavy atom. The summed E-state index contributed by atoms with van der Waals surface area (Å²) >= 11 is 0. The Balaban J connectivity index is 2.04. The predicted octanol–water partition coefficient (Wildman–Crippen LogP) is 2.88. The molecule has 0 N–H and O–H groups in total. The minimum atomic E-state index is 0.152. The Labute approximate surface area is 104 Å². The van der Waals surface area contributed by atoms with Crippen LogP contribution in [0.4, 0.5) is 0 Å². The molecule has 2 heteroatoms. The Bertz CT molecular complexity index is 349. The van der Waals surface area contributed by atoms with Gasteiger partial charge in [0.25, 0.3) is 0 Å². The van der Waals surface area contributed by atoms with E-state index in [1.165, 1.54) is 18.4 Å². The Morgan fingerprint density at radius 2 is 2.12 bits per heavy atom. The van der Waals surface area contributed by atoms with Gasteiger partial charge in [-0.15, -0.1) is 0 Å². The minimum Gasteiger partial charge on any atom is -0.303 e. The maximum Gasteiger partial charge on any atom is 0.124 e. The lowest BCUT2D eigenvalue weighted by atomic mass is 9.92. The average molecular weight is 231 g/mol. The van der Waals surface area contributed by atoms with Crippen molar-refractivity contribution >= 4 is 6.29 Å². The summed E-state index contributed by atoms with van der Waals surface area (Å²) in [5.41, 5.74) is 1.34. The standard InChI is InChI=1S/C15H21NO/c1-13(12-17)15-9-5-6-10-16(15)11-14-7-3-2-4-8-14/h2-4,7-8,12-13,15H,5-6,9-11H2,1H3. The summed E-state index contributed by atoms with van der Waals surface area (Å²) in [6.45, 7) is 4.14. The van der Waals surface area contributed by atoms with Crippen LogP contribution in [-0.4, -0.2) is 23.8 Å². The van der Waals surface area contributed by atoms with Crippen LogP contribution in [0, 0.1) is 5.92 Å². The van der Waals surface area contributed by atoms with Crippen LogP contribution in [0.2, 0.25) is 0 Å². The van der Waals surface area contributed by atoms with Gasteiger partial charge in [-0.2, -0.15) is 0 Å². The second kappa shape index (κ2) is 5.97. The maximum absolute atomic E-state index is 11.0. The van der Waals surface area contributed by atoms with E-state index in [1.54, 1.807) is 0 Å². The lowest BCUT2D eigenvalue weighted by molar-refractivity contribution is -0.113. The van der Waals surface area contributed by atoms with Crippen LogP contribution in [0.3, 0.4) is 0 Å². The van der Waals surface area contributed by atoms with Crippen molar-refractivity contribution in [2.75, 3.05) is 6.54 Å². The number of benzene rings is 1. The van der Waals surface area contributed by atoms with Crippen LogP contribution < -0.4 is 0 Å². The summed E-state index contributed by atoms with van der Waals surface area (Å²) in [7, 11) is 0. The molecule has 2 unspecified atom stereocenters. The molecule has 2 rings (SSSR count). The molecule has 1 aromatic carbocycles. The van der Waals surface area contributed by atoms with Gasteiger partial charge in [0.1, 0.15) is 6.29 Å². The van der Waals surface area contributed by atoms with Crippen molar-refractivity contribution in [1.29, 1.82) is 0 Å². The number of rotatable bonds is 4. The van der Waals surface area contributed by atoms with Gasteiger partial charge in [0.15, 0.2) is 0 Å². The van der Waals surface area contributed by atoms with Gasteiger partial charge < -0.3 is 4.79 Å². The average Bonchev–Trinajstić information content (AvgIpc) is 2.40. The van der Waals surface area contributed by atoms with Gasteiger partial charge in [0.2, 0.25) is 0 Å². The minimum absolute atomic E-state index is 0.152. The molecule has 0 spiro atoms. The van der Waals surface area contributed by atoms with Gasteiger partial charge in [-0.25, -0.2) is 0 Å². The Kier molecular flexibility index (Phi) is 4.32. The molecule has 2 atom stereocenters. The van der Waals surface area contributed by atoms with E-state index in [1.807, 2.05) is 13.0 Å². The number of carbonyl (C=O) groups excluding carboxylic acids is 1. The second-order valence-corrected chi connectivity index (χ2v) is 5.01. The summed E-state index contributed by atoms with van der Waals surface area (Å²) in [4.78, 5) is 13.4. The fourth-order valence-corrected chi connectivity index (χ4v) is 2.72. The number of aldehydes is 1. The fourth-order valence-electron chi connectivity index (χ4n) is 2.72. The first-order valence-corrected chi connectivity index (χ1v) is 6.54. The maximum atomic E-state index is 11.0. The summed E-state index contributed by atoms with van der Waals surface area (Å²) < 4.78 is 0. The molecule has 1 aliphatic rings. The molecule has 1 heterocycles. The third-order valence-electron chi connectivity index (χ3n) is 3.71. The number of likely N-dealkylation sites (tertiary alicyclic amines) is 1. The quantitative estimate of drug-likeness (QED) is 0.743. The molecule has 0 amide bonds. The van der Waals surface area contributed by atoms with Crippen LogP contribution in [0.15, 0.2) is 30.3 Å². The van der Waals surface area contributed by atoms with Crippen LogP contribution >= 0.6 is 0 Å². The van der Waals surface area contributed by atoms with Gasteiger partial charge in [-0.1, -0.05) is 43.7 Å². The SMILES string of the molecule is CC(C=O)C1CCCCN1Cc1ccccc1. The summed E-state index contributed by atoms with van der Waals surface area (Å²) in [5, 5.41) is 0. The van der Waals surface area contributed by atoms with Crippen molar-refractivity contribution in [3.63, 3.8) is 0 Å². The van der Waals surface area contributed by atoms with Crippen molar-refractivity contribution in [3.05, 3.63) is 35.9 Å².